The fourth-order valence-corrected chi connectivity index (χ4v) is 3.04. The summed E-state index contributed by atoms with van der Waals surface area (Å²) in [6, 6.07) is 19.4. The summed E-state index contributed by atoms with van der Waals surface area (Å²) in [7, 11) is 0. The average molecular weight is 383 g/mol. The molecule has 0 aliphatic rings. The van der Waals surface area contributed by atoms with Crippen LogP contribution in [0, 0.1) is 17.1 Å². The molecule has 29 heavy (non-hydrogen) atoms. The van der Waals surface area contributed by atoms with E-state index in [1.54, 1.807) is 54.6 Å². The Kier molecular flexibility index (Phi) is 4.63. The summed E-state index contributed by atoms with van der Waals surface area (Å²) in [5, 5.41) is 18.6. The number of rotatable bonds is 3. The van der Waals surface area contributed by atoms with Crippen molar-refractivity contribution >= 4 is 23.1 Å². The third-order valence-electron chi connectivity index (χ3n) is 4.43. The Morgan fingerprint density at radius 2 is 1.79 bits per heavy atom. The van der Waals surface area contributed by atoms with Gasteiger partial charge in [-0.1, -0.05) is 30.3 Å². The summed E-state index contributed by atoms with van der Waals surface area (Å²) >= 11 is 0. The quantitative estimate of drug-likeness (QED) is 0.573. The van der Waals surface area contributed by atoms with E-state index in [1.807, 2.05) is 0 Å². The fourth-order valence-electron chi connectivity index (χ4n) is 3.04. The first-order valence-corrected chi connectivity index (χ1v) is 8.76. The number of fused-ring (bicyclic) bond motifs is 1. The standard InChI is InChI=1S/C23H14FN3O2/c24-19-5-2-6-20-22(19)23(29)27(17-3-1-4-18(28)13-17)21(26-20)12-11-15-7-9-16(14-25)10-8-15/h1-13,28H/b12-11+. The predicted molar refractivity (Wildman–Crippen MR) is 109 cm³/mol. The molecule has 140 valence electrons. The van der Waals surface area contributed by atoms with Crippen LogP contribution in [0.2, 0.25) is 0 Å². The molecule has 3 aromatic carbocycles. The molecular formula is C23H14FN3O2. The second-order valence-corrected chi connectivity index (χ2v) is 6.33. The first kappa shape index (κ1) is 18.1. The molecule has 4 rings (SSSR count). The van der Waals surface area contributed by atoms with E-state index in [-0.39, 0.29) is 22.5 Å². The first-order chi connectivity index (χ1) is 14.1. The fraction of sp³-hybridized carbons (Fsp3) is 0. The lowest BCUT2D eigenvalue weighted by atomic mass is 10.1. The summed E-state index contributed by atoms with van der Waals surface area (Å²) in [6.45, 7) is 0. The van der Waals surface area contributed by atoms with Crippen molar-refractivity contribution in [2.24, 2.45) is 0 Å². The van der Waals surface area contributed by atoms with Gasteiger partial charge < -0.3 is 5.11 Å². The molecule has 0 bridgehead atoms. The van der Waals surface area contributed by atoms with E-state index in [9.17, 15) is 14.3 Å². The van der Waals surface area contributed by atoms with Crippen molar-refractivity contribution in [1.29, 1.82) is 5.26 Å². The van der Waals surface area contributed by atoms with Gasteiger partial charge in [-0.2, -0.15) is 5.26 Å². The van der Waals surface area contributed by atoms with Gasteiger partial charge in [0.1, 0.15) is 22.8 Å². The Bertz CT molecular complexity index is 1350. The zero-order chi connectivity index (χ0) is 20.4. The van der Waals surface area contributed by atoms with Crippen molar-refractivity contribution in [3.63, 3.8) is 0 Å². The monoisotopic (exact) mass is 383 g/mol. The summed E-state index contributed by atoms with van der Waals surface area (Å²) < 4.78 is 15.6. The smallest absolute Gasteiger partial charge is 0.269 e. The van der Waals surface area contributed by atoms with Crippen molar-refractivity contribution in [2.75, 3.05) is 0 Å². The molecule has 0 amide bonds. The number of aromatic hydroxyl groups is 1. The van der Waals surface area contributed by atoms with E-state index < -0.39 is 11.4 Å². The van der Waals surface area contributed by atoms with Gasteiger partial charge >= 0.3 is 0 Å². The highest BCUT2D eigenvalue weighted by Crippen LogP contribution is 2.20. The maximum atomic E-state index is 14.3. The molecule has 0 spiro atoms. The molecule has 5 nitrogen and oxygen atoms in total. The van der Waals surface area contributed by atoms with Crippen LogP contribution in [0.1, 0.15) is 17.0 Å². The van der Waals surface area contributed by atoms with Crippen LogP contribution in [0.4, 0.5) is 4.39 Å². The van der Waals surface area contributed by atoms with E-state index in [4.69, 9.17) is 5.26 Å². The van der Waals surface area contributed by atoms with Gasteiger partial charge in [-0.15, -0.1) is 0 Å². The van der Waals surface area contributed by atoms with Crippen LogP contribution in [0.5, 0.6) is 5.75 Å². The minimum Gasteiger partial charge on any atom is -0.508 e. The van der Waals surface area contributed by atoms with Gasteiger partial charge in [-0.05, 0) is 48.0 Å². The zero-order valence-electron chi connectivity index (χ0n) is 15.1. The number of aromatic nitrogens is 2. The molecule has 0 aliphatic carbocycles. The van der Waals surface area contributed by atoms with E-state index >= 15 is 0 Å². The number of nitrogens with zero attached hydrogens (tertiary/aromatic N) is 3. The summed E-state index contributed by atoms with van der Waals surface area (Å²) in [4.78, 5) is 17.6. The molecule has 1 heterocycles. The highest BCUT2D eigenvalue weighted by Gasteiger charge is 2.14. The maximum Gasteiger partial charge on any atom is 0.269 e. The van der Waals surface area contributed by atoms with Crippen LogP contribution < -0.4 is 5.56 Å². The van der Waals surface area contributed by atoms with Crippen molar-refractivity contribution in [3.8, 4) is 17.5 Å². The Hall–Kier alpha value is -4.24. The van der Waals surface area contributed by atoms with Gasteiger partial charge in [0.25, 0.3) is 5.56 Å². The highest BCUT2D eigenvalue weighted by molar-refractivity contribution is 5.80. The minimum absolute atomic E-state index is 0.0231. The average Bonchev–Trinajstić information content (AvgIpc) is 2.72. The molecule has 0 aliphatic heterocycles. The number of phenols is 1. The highest BCUT2D eigenvalue weighted by atomic mass is 19.1. The zero-order valence-corrected chi connectivity index (χ0v) is 15.1. The van der Waals surface area contributed by atoms with Crippen LogP contribution >= 0.6 is 0 Å². The number of nitriles is 1. The van der Waals surface area contributed by atoms with Crippen LogP contribution in [-0.4, -0.2) is 14.7 Å². The largest absolute Gasteiger partial charge is 0.508 e. The molecule has 6 heteroatoms. The van der Waals surface area contributed by atoms with Crippen molar-refractivity contribution in [1.82, 2.24) is 9.55 Å². The Morgan fingerprint density at radius 3 is 2.52 bits per heavy atom. The van der Waals surface area contributed by atoms with Gasteiger partial charge in [0, 0.05) is 6.07 Å². The molecule has 1 aromatic heterocycles. The van der Waals surface area contributed by atoms with E-state index in [0.29, 0.717) is 11.3 Å². The van der Waals surface area contributed by atoms with Crippen LogP contribution in [0.25, 0.3) is 28.7 Å². The summed E-state index contributed by atoms with van der Waals surface area (Å²) in [5.74, 6) is -0.398. The number of benzene rings is 3. The van der Waals surface area contributed by atoms with Gasteiger partial charge in [0.05, 0.1) is 22.8 Å². The Morgan fingerprint density at radius 1 is 1.03 bits per heavy atom. The van der Waals surface area contributed by atoms with Gasteiger partial charge in [-0.3, -0.25) is 9.36 Å². The first-order valence-electron chi connectivity index (χ1n) is 8.76. The molecule has 0 saturated heterocycles. The normalized spacial score (nSPS) is 11.0. The molecule has 4 aromatic rings. The third kappa shape index (κ3) is 3.49. The summed E-state index contributed by atoms with van der Waals surface area (Å²) in [5.41, 5.74) is 1.38. The second kappa shape index (κ2) is 7.41. The van der Waals surface area contributed by atoms with E-state index in [0.717, 1.165) is 5.56 Å². The van der Waals surface area contributed by atoms with Gasteiger partial charge in [-0.25, -0.2) is 9.37 Å². The van der Waals surface area contributed by atoms with Crippen molar-refractivity contribution in [3.05, 3.63) is 99.9 Å². The van der Waals surface area contributed by atoms with Crippen LogP contribution in [-0.2, 0) is 0 Å². The minimum atomic E-state index is -0.656. The van der Waals surface area contributed by atoms with Crippen LogP contribution in [0.15, 0.2) is 71.5 Å². The summed E-state index contributed by atoms with van der Waals surface area (Å²) in [6.07, 6.45) is 3.38. The molecule has 1 N–H and O–H groups in total. The predicted octanol–water partition coefficient (Wildman–Crippen LogP) is 4.27. The second-order valence-electron chi connectivity index (χ2n) is 6.33. The molecule has 0 atom stereocenters. The lowest BCUT2D eigenvalue weighted by Gasteiger charge is -2.12. The number of phenolic OH excluding ortho intramolecular Hbond substituents is 1. The lowest BCUT2D eigenvalue weighted by molar-refractivity contribution is 0.475. The third-order valence-corrected chi connectivity index (χ3v) is 4.43. The van der Waals surface area contributed by atoms with Crippen LogP contribution in [0.3, 0.4) is 0 Å². The van der Waals surface area contributed by atoms with Gasteiger partial charge in [0.2, 0.25) is 0 Å². The maximum absolute atomic E-state index is 14.3. The number of halogens is 1. The molecule has 0 saturated carbocycles. The molecule has 0 radical (unpaired) electrons. The van der Waals surface area contributed by atoms with Crippen molar-refractivity contribution < 1.29 is 9.50 Å². The molecule has 0 fully saturated rings. The number of hydrogen-bond donors (Lipinski definition) is 1. The number of hydrogen-bond acceptors (Lipinski definition) is 4. The van der Waals surface area contributed by atoms with Crippen molar-refractivity contribution in [2.45, 2.75) is 0 Å². The lowest BCUT2D eigenvalue weighted by Crippen LogP contribution is -2.23. The Labute approximate surface area is 165 Å². The van der Waals surface area contributed by atoms with Gasteiger partial charge in [0.15, 0.2) is 0 Å². The topological polar surface area (TPSA) is 78.9 Å². The molecular weight excluding hydrogens is 369 g/mol. The van der Waals surface area contributed by atoms with E-state index in [1.165, 1.54) is 28.8 Å². The SMILES string of the molecule is N#Cc1ccc(/C=C/c2nc3cccc(F)c3c(=O)n2-c2cccc(O)c2)cc1. The van der Waals surface area contributed by atoms with E-state index in [2.05, 4.69) is 11.1 Å². The Balaban J connectivity index is 1.94. The molecule has 0 unspecified atom stereocenters.